The summed E-state index contributed by atoms with van der Waals surface area (Å²) in [5.41, 5.74) is 1.59. The summed E-state index contributed by atoms with van der Waals surface area (Å²) in [6.45, 7) is 3.72. The lowest BCUT2D eigenvalue weighted by atomic mass is 9.72. The van der Waals surface area contributed by atoms with E-state index in [0.29, 0.717) is 44.9 Å². The minimum Gasteiger partial charge on any atom is -0.508 e. The predicted molar refractivity (Wildman–Crippen MR) is 110 cm³/mol. The fourth-order valence-electron chi connectivity index (χ4n) is 4.00. The van der Waals surface area contributed by atoms with Crippen molar-refractivity contribution in [1.82, 2.24) is 25.1 Å². The highest BCUT2D eigenvalue weighted by molar-refractivity contribution is 5.67. The average Bonchev–Trinajstić information content (AvgIpc) is 3.23. The third kappa shape index (κ3) is 3.98. The number of ether oxygens (including phenoxy) is 1. The number of amides is 1. The number of nitrogens with zero attached hydrogens (tertiary/aromatic N) is 5. The number of carbonyl (C=O) groups excluding carboxylic acids is 1. The molecule has 0 atom stereocenters. The average molecular weight is 407 g/mol. The van der Waals surface area contributed by atoms with Crippen molar-refractivity contribution < 1.29 is 14.6 Å². The number of aromatic hydroxyl groups is 1. The lowest BCUT2D eigenvalue weighted by molar-refractivity contribution is 0.0897. The second-order valence-corrected chi connectivity index (χ2v) is 7.45. The van der Waals surface area contributed by atoms with Gasteiger partial charge < -0.3 is 14.7 Å². The van der Waals surface area contributed by atoms with Crippen molar-refractivity contribution in [3.63, 3.8) is 0 Å². The molecule has 1 saturated heterocycles. The summed E-state index contributed by atoms with van der Waals surface area (Å²) < 4.78 is 5.16. The predicted octanol–water partition coefficient (Wildman–Crippen LogP) is 2.97. The van der Waals surface area contributed by atoms with Gasteiger partial charge in [0.05, 0.1) is 18.6 Å². The van der Waals surface area contributed by atoms with Crippen molar-refractivity contribution in [3.05, 3.63) is 71.5 Å². The third-order valence-corrected chi connectivity index (χ3v) is 5.58. The van der Waals surface area contributed by atoms with Crippen LogP contribution in [0.25, 0.3) is 0 Å². The van der Waals surface area contributed by atoms with Crippen molar-refractivity contribution in [2.45, 2.75) is 31.7 Å². The lowest BCUT2D eigenvalue weighted by Crippen LogP contribution is -2.46. The molecule has 0 bridgehead atoms. The molecule has 0 radical (unpaired) electrons. The molecule has 1 fully saturated rings. The molecule has 8 heteroatoms. The van der Waals surface area contributed by atoms with Crippen LogP contribution in [-0.2, 0) is 16.7 Å². The number of hydrogen-bond donors (Lipinski definition) is 1. The number of aromatic nitrogens is 4. The summed E-state index contributed by atoms with van der Waals surface area (Å²) in [6, 6.07) is 17.2. The van der Waals surface area contributed by atoms with Crippen LogP contribution < -0.4 is 0 Å². The van der Waals surface area contributed by atoms with E-state index in [9.17, 15) is 9.90 Å². The number of phenolic OH excluding ortho intramolecular Hbond substituents is 1. The van der Waals surface area contributed by atoms with E-state index in [1.54, 1.807) is 27.9 Å². The van der Waals surface area contributed by atoms with Crippen LogP contribution in [0.3, 0.4) is 0 Å². The Bertz CT molecular complexity index is 997. The summed E-state index contributed by atoms with van der Waals surface area (Å²) in [4.78, 5) is 15.4. The van der Waals surface area contributed by atoms with E-state index >= 15 is 0 Å². The molecule has 0 aliphatic carbocycles. The van der Waals surface area contributed by atoms with Crippen molar-refractivity contribution in [3.8, 4) is 5.75 Å². The number of carbonyl (C=O) groups is 1. The van der Waals surface area contributed by atoms with Crippen molar-refractivity contribution in [2.75, 3.05) is 19.7 Å². The van der Waals surface area contributed by atoms with E-state index in [0.717, 1.165) is 11.1 Å². The van der Waals surface area contributed by atoms with E-state index in [-0.39, 0.29) is 11.8 Å². The first-order valence-corrected chi connectivity index (χ1v) is 10.1. The van der Waals surface area contributed by atoms with Crippen LogP contribution in [0.5, 0.6) is 5.75 Å². The van der Waals surface area contributed by atoms with Crippen molar-refractivity contribution in [2.24, 2.45) is 0 Å². The van der Waals surface area contributed by atoms with E-state index in [2.05, 4.69) is 22.4 Å². The highest BCUT2D eigenvalue weighted by Gasteiger charge is 2.42. The maximum atomic E-state index is 12.2. The van der Waals surface area contributed by atoms with Gasteiger partial charge in [-0.3, -0.25) is 0 Å². The van der Waals surface area contributed by atoms with Gasteiger partial charge in [0.1, 0.15) is 5.75 Å². The van der Waals surface area contributed by atoms with E-state index < -0.39 is 5.41 Å². The Hall–Kier alpha value is -3.42. The molecule has 0 unspecified atom stereocenters. The Labute approximate surface area is 175 Å². The Morgan fingerprint density at radius 2 is 1.90 bits per heavy atom. The largest absolute Gasteiger partial charge is 0.508 e. The minimum atomic E-state index is -0.415. The van der Waals surface area contributed by atoms with Crippen molar-refractivity contribution >= 4 is 6.09 Å². The summed E-state index contributed by atoms with van der Waals surface area (Å²) in [5, 5.41) is 23.0. The number of benzene rings is 2. The molecule has 2 heterocycles. The van der Waals surface area contributed by atoms with E-state index in [4.69, 9.17) is 9.84 Å². The fraction of sp³-hybridized carbons (Fsp3) is 0.364. The van der Waals surface area contributed by atoms with Gasteiger partial charge in [-0.05, 0) is 48.2 Å². The number of piperidine rings is 1. The van der Waals surface area contributed by atoms with Crippen LogP contribution in [0.15, 0.2) is 54.6 Å². The molecule has 1 amide bonds. The number of hydrogen-bond acceptors (Lipinski definition) is 6. The molecule has 1 aliphatic heterocycles. The first kappa shape index (κ1) is 19.9. The second-order valence-electron chi connectivity index (χ2n) is 7.45. The van der Waals surface area contributed by atoms with Gasteiger partial charge >= 0.3 is 6.09 Å². The highest BCUT2D eigenvalue weighted by atomic mass is 16.6. The second kappa shape index (κ2) is 8.52. The Kier molecular flexibility index (Phi) is 5.65. The van der Waals surface area contributed by atoms with Crippen LogP contribution >= 0.6 is 0 Å². The molecular weight excluding hydrogens is 382 g/mol. The van der Waals surface area contributed by atoms with Crippen LogP contribution in [0.1, 0.15) is 36.7 Å². The molecule has 8 nitrogen and oxygen atoms in total. The fourth-order valence-corrected chi connectivity index (χ4v) is 4.00. The molecule has 3 aromatic rings. The molecule has 0 spiro atoms. The minimum absolute atomic E-state index is 0.208. The highest BCUT2D eigenvalue weighted by Crippen LogP contribution is 2.39. The van der Waals surface area contributed by atoms with Crippen LogP contribution in [0, 0.1) is 0 Å². The maximum absolute atomic E-state index is 12.2. The van der Waals surface area contributed by atoms with Crippen molar-refractivity contribution in [1.29, 1.82) is 0 Å². The molecule has 0 saturated carbocycles. The quantitative estimate of drug-likeness (QED) is 0.699. The molecule has 4 rings (SSSR count). The Morgan fingerprint density at radius 3 is 2.60 bits per heavy atom. The first-order valence-electron chi connectivity index (χ1n) is 10.1. The van der Waals surface area contributed by atoms with Gasteiger partial charge in [-0.1, -0.05) is 42.5 Å². The maximum Gasteiger partial charge on any atom is 0.409 e. The van der Waals surface area contributed by atoms with Gasteiger partial charge in [0.15, 0.2) is 5.82 Å². The molecule has 1 aliphatic rings. The van der Waals surface area contributed by atoms with E-state index in [1.165, 1.54) is 0 Å². The van der Waals surface area contributed by atoms with Gasteiger partial charge in [-0.2, -0.15) is 4.80 Å². The van der Waals surface area contributed by atoms with E-state index in [1.807, 2.05) is 31.2 Å². The van der Waals surface area contributed by atoms with Gasteiger partial charge in [0.25, 0.3) is 0 Å². The summed E-state index contributed by atoms with van der Waals surface area (Å²) in [5.74, 6) is 0.859. The number of tetrazole rings is 1. The number of phenols is 1. The van der Waals surface area contributed by atoms with Crippen LogP contribution in [-0.4, -0.2) is 56.0 Å². The normalized spacial score (nSPS) is 15.7. The monoisotopic (exact) mass is 407 g/mol. The molecule has 156 valence electrons. The molecular formula is C22H25N5O3. The van der Waals surface area contributed by atoms with Crippen LogP contribution in [0.2, 0.25) is 0 Å². The van der Waals surface area contributed by atoms with Crippen LogP contribution in [0.4, 0.5) is 4.79 Å². The SMILES string of the molecule is CCOC(=O)N1CCC(c2ccccc2)(c2nnn(Cc3cccc(O)c3)n2)CC1. The summed E-state index contributed by atoms with van der Waals surface area (Å²) in [7, 11) is 0. The first-order chi connectivity index (χ1) is 14.6. The van der Waals surface area contributed by atoms with Gasteiger partial charge in [0, 0.05) is 13.1 Å². The number of likely N-dealkylation sites (tertiary alicyclic amines) is 1. The third-order valence-electron chi connectivity index (χ3n) is 5.58. The zero-order valence-corrected chi connectivity index (χ0v) is 16.9. The van der Waals surface area contributed by atoms with Gasteiger partial charge in [0.2, 0.25) is 0 Å². The standard InChI is InChI=1S/C22H25N5O3/c1-2-30-21(29)26-13-11-22(12-14-26,18-8-4-3-5-9-18)20-23-25-27(24-20)16-17-7-6-10-19(28)15-17/h3-10,15,28H,2,11-14,16H2,1H3. The van der Waals surface area contributed by atoms with Gasteiger partial charge in [-0.15, -0.1) is 10.2 Å². The lowest BCUT2D eigenvalue weighted by Gasteiger charge is -2.39. The zero-order valence-electron chi connectivity index (χ0n) is 16.9. The topological polar surface area (TPSA) is 93.4 Å². The number of rotatable bonds is 5. The summed E-state index contributed by atoms with van der Waals surface area (Å²) >= 11 is 0. The zero-order chi connectivity index (χ0) is 21.0. The molecule has 30 heavy (non-hydrogen) atoms. The summed E-state index contributed by atoms with van der Waals surface area (Å²) in [6.07, 6.45) is 1.10. The Balaban J connectivity index is 1.60. The van der Waals surface area contributed by atoms with Gasteiger partial charge in [-0.25, -0.2) is 4.79 Å². The molecule has 1 aromatic heterocycles. The molecule has 2 aromatic carbocycles. The smallest absolute Gasteiger partial charge is 0.409 e. The Morgan fingerprint density at radius 1 is 1.13 bits per heavy atom. The molecule has 1 N–H and O–H groups in total.